The van der Waals surface area contributed by atoms with Crippen molar-refractivity contribution in [3.8, 4) is 0 Å². The van der Waals surface area contributed by atoms with E-state index in [-0.39, 0.29) is 17.5 Å². The molecule has 0 saturated carbocycles. The quantitative estimate of drug-likeness (QED) is 0.840. The number of nitrogens with one attached hydrogen (secondary N) is 1. The second-order valence-electron chi connectivity index (χ2n) is 5.53. The topological polar surface area (TPSA) is 60.5 Å². The monoisotopic (exact) mass is 284 g/mol. The van der Waals surface area contributed by atoms with Crippen LogP contribution in [-0.4, -0.2) is 37.8 Å². The first kappa shape index (κ1) is 14.4. The van der Waals surface area contributed by atoms with E-state index in [1.807, 2.05) is 20.8 Å². The Hall–Kier alpha value is -0.980. The number of ether oxygens (including phenoxy) is 2. The highest BCUT2D eigenvalue weighted by molar-refractivity contribution is 7.13. The second-order valence-corrected chi connectivity index (χ2v) is 6.57. The van der Waals surface area contributed by atoms with Crippen LogP contribution in [0.15, 0.2) is 0 Å². The number of nitrogens with zero attached hydrogens (tertiary/aromatic N) is 1. The van der Waals surface area contributed by atoms with E-state index in [4.69, 9.17) is 9.47 Å². The molecular formula is C13H20N2O3S. The normalized spacial score (nSPS) is 20.3. The predicted molar refractivity (Wildman–Crippen MR) is 73.7 cm³/mol. The zero-order valence-corrected chi connectivity index (χ0v) is 12.6. The molecular weight excluding hydrogens is 264 g/mol. The van der Waals surface area contributed by atoms with Gasteiger partial charge >= 0.3 is 5.97 Å². The molecule has 1 aromatic rings. The number of methoxy groups -OCH3 is 1. The molecule has 0 spiro atoms. The number of thiazole rings is 1. The molecule has 1 aliphatic heterocycles. The van der Waals surface area contributed by atoms with Crippen molar-refractivity contribution < 1.29 is 14.3 Å². The molecule has 1 unspecified atom stereocenters. The van der Waals surface area contributed by atoms with Crippen LogP contribution in [0, 0.1) is 0 Å². The fourth-order valence-corrected chi connectivity index (χ4v) is 3.18. The number of rotatable bonds is 2. The maximum atomic E-state index is 11.9. The van der Waals surface area contributed by atoms with E-state index < -0.39 is 0 Å². The number of hydrogen-bond donors (Lipinski definition) is 1. The molecule has 6 heteroatoms. The largest absolute Gasteiger partial charge is 0.465 e. The summed E-state index contributed by atoms with van der Waals surface area (Å²) >= 11 is 1.37. The van der Waals surface area contributed by atoms with E-state index >= 15 is 0 Å². The third-order valence-corrected chi connectivity index (χ3v) is 4.06. The lowest BCUT2D eigenvalue weighted by Crippen LogP contribution is -2.33. The lowest BCUT2D eigenvalue weighted by molar-refractivity contribution is 0.0274. The molecule has 0 aliphatic carbocycles. The molecule has 5 nitrogen and oxygen atoms in total. The SMILES string of the molecule is COC(=O)c1sc(C2CNCCO2)nc1C(C)(C)C. The van der Waals surface area contributed by atoms with Gasteiger partial charge in [-0.2, -0.15) is 0 Å². The Labute approximate surface area is 117 Å². The highest BCUT2D eigenvalue weighted by Gasteiger charge is 2.30. The van der Waals surface area contributed by atoms with Crippen LogP contribution in [0.3, 0.4) is 0 Å². The standard InChI is InChI=1S/C13H20N2O3S/c1-13(2,3)10-9(12(16)17-4)19-11(15-10)8-7-14-5-6-18-8/h8,14H,5-7H2,1-4H3. The Morgan fingerprint density at radius 3 is 2.79 bits per heavy atom. The summed E-state index contributed by atoms with van der Waals surface area (Å²) in [5, 5.41) is 4.11. The lowest BCUT2D eigenvalue weighted by atomic mass is 9.91. The van der Waals surface area contributed by atoms with Crippen LogP contribution in [0.5, 0.6) is 0 Å². The molecule has 0 bridgehead atoms. The van der Waals surface area contributed by atoms with E-state index in [2.05, 4.69) is 10.3 Å². The van der Waals surface area contributed by atoms with Gasteiger partial charge in [-0.05, 0) is 0 Å². The van der Waals surface area contributed by atoms with Gasteiger partial charge < -0.3 is 14.8 Å². The highest BCUT2D eigenvalue weighted by Crippen LogP contribution is 2.33. The Morgan fingerprint density at radius 1 is 1.53 bits per heavy atom. The number of hydrogen-bond acceptors (Lipinski definition) is 6. The Balaban J connectivity index is 2.36. The first-order valence-corrected chi connectivity index (χ1v) is 7.17. The predicted octanol–water partition coefficient (Wildman–Crippen LogP) is 1.89. The summed E-state index contributed by atoms with van der Waals surface area (Å²) in [5.41, 5.74) is 0.592. The van der Waals surface area contributed by atoms with Crippen molar-refractivity contribution >= 4 is 17.3 Å². The lowest BCUT2D eigenvalue weighted by Gasteiger charge is -2.21. The smallest absolute Gasteiger partial charge is 0.350 e. The average molecular weight is 284 g/mol. The zero-order valence-electron chi connectivity index (χ0n) is 11.8. The van der Waals surface area contributed by atoms with Crippen molar-refractivity contribution in [2.45, 2.75) is 32.3 Å². The third-order valence-electron chi connectivity index (χ3n) is 2.93. The van der Waals surface area contributed by atoms with Crippen molar-refractivity contribution in [2.75, 3.05) is 26.8 Å². The molecule has 19 heavy (non-hydrogen) atoms. The van der Waals surface area contributed by atoms with Crippen molar-refractivity contribution in [1.82, 2.24) is 10.3 Å². The summed E-state index contributed by atoms with van der Waals surface area (Å²) < 4.78 is 10.5. The fourth-order valence-electron chi connectivity index (χ4n) is 1.94. The van der Waals surface area contributed by atoms with Gasteiger partial charge in [0.2, 0.25) is 0 Å². The van der Waals surface area contributed by atoms with Gasteiger partial charge in [0.1, 0.15) is 16.0 Å². The highest BCUT2D eigenvalue weighted by atomic mass is 32.1. The summed E-state index contributed by atoms with van der Waals surface area (Å²) in [6.07, 6.45) is -0.0711. The van der Waals surface area contributed by atoms with Crippen molar-refractivity contribution in [3.05, 3.63) is 15.6 Å². The average Bonchev–Trinajstić information content (AvgIpc) is 2.84. The summed E-state index contributed by atoms with van der Waals surface area (Å²) in [7, 11) is 1.40. The molecule has 106 valence electrons. The molecule has 0 radical (unpaired) electrons. The number of carbonyl (C=O) groups is 1. The van der Waals surface area contributed by atoms with Crippen LogP contribution in [-0.2, 0) is 14.9 Å². The Bertz CT molecular complexity index is 459. The van der Waals surface area contributed by atoms with E-state index in [9.17, 15) is 4.79 Å². The van der Waals surface area contributed by atoms with Crippen LogP contribution in [0.2, 0.25) is 0 Å². The molecule has 0 amide bonds. The molecule has 1 saturated heterocycles. The van der Waals surface area contributed by atoms with Crippen LogP contribution in [0.4, 0.5) is 0 Å². The second kappa shape index (κ2) is 5.56. The first-order valence-electron chi connectivity index (χ1n) is 6.35. The van der Waals surface area contributed by atoms with Gasteiger partial charge in [-0.1, -0.05) is 20.8 Å². The fraction of sp³-hybridized carbons (Fsp3) is 0.692. The molecule has 2 rings (SSSR count). The van der Waals surface area contributed by atoms with Gasteiger partial charge in [0.05, 0.1) is 19.4 Å². The van der Waals surface area contributed by atoms with E-state index in [1.54, 1.807) is 0 Å². The van der Waals surface area contributed by atoms with Gasteiger partial charge in [-0.25, -0.2) is 9.78 Å². The van der Waals surface area contributed by atoms with Crippen LogP contribution in [0.1, 0.15) is 47.2 Å². The molecule has 1 aromatic heterocycles. The van der Waals surface area contributed by atoms with Crippen molar-refractivity contribution in [3.63, 3.8) is 0 Å². The number of morpholine rings is 1. The summed E-state index contributed by atoms with van der Waals surface area (Å²) in [4.78, 5) is 17.1. The van der Waals surface area contributed by atoms with Gasteiger partial charge in [0.15, 0.2) is 0 Å². The molecule has 1 aliphatic rings. The van der Waals surface area contributed by atoms with E-state index in [0.29, 0.717) is 11.5 Å². The Morgan fingerprint density at radius 2 is 2.26 bits per heavy atom. The zero-order chi connectivity index (χ0) is 14.0. The van der Waals surface area contributed by atoms with E-state index in [1.165, 1.54) is 18.4 Å². The van der Waals surface area contributed by atoms with Gasteiger partial charge in [-0.3, -0.25) is 0 Å². The van der Waals surface area contributed by atoms with Crippen LogP contribution >= 0.6 is 11.3 Å². The first-order chi connectivity index (χ1) is 8.93. The number of carbonyl (C=O) groups excluding carboxylic acids is 1. The summed E-state index contributed by atoms with van der Waals surface area (Å²) in [6, 6.07) is 0. The van der Waals surface area contributed by atoms with Crippen LogP contribution in [0.25, 0.3) is 0 Å². The maximum absolute atomic E-state index is 11.9. The number of aromatic nitrogens is 1. The van der Waals surface area contributed by atoms with Crippen molar-refractivity contribution in [1.29, 1.82) is 0 Å². The third kappa shape index (κ3) is 3.13. The molecule has 2 heterocycles. The van der Waals surface area contributed by atoms with Gasteiger partial charge in [-0.15, -0.1) is 11.3 Å². The van der Waals surface area contributed by atoms with E-state index in [0.717, 1.165) is 23.8 Å². The van der Waals surface area contributed by atoms with Gasteiger partial charge in [0, 0.05) is 18.5 Å². The minimum absolute atomic E-state index is 0.0711. The molecule has 0 aromatic carbocycles. The minimum atomic E-state index is -0.322. The molecule has 1 fully saturated rings. The summed E-state index contributed by atoms with van der Waals surface area (Å²) in [6.45, 7) is 8.38. The van der Waals surface area contributed by atoms with Crippen LogP contribution < -0.4 is 5.32 Å². The molecule has 1 atom stereocenters. The number of esters is 1. The minimum Gasteiger partial charge on any atom is -0.465 e. The van der Waals surface area contributed by atoms with Crippen molar-refractivity contribution in [2.24, 2.45) is 0 Å². The maximum Gasteiger partial charge on any atom is 0.350 e. The molecule has 1 N–H and O–H groups in total. The van der Waals surface area contributed by atoms with Gasteiger partial charge in [0.25, 0.3) is 0 Å². The Kier molecular flexibility index (Phi) is 4.23. The summed E-state index contributed by atoms with van der Waals surface area (Å²) in [5.74, 6) is -0.322.